The summed E-state index contributed by atoms with van der Waals surface area (Å²) in [5, 5.41) is 25.8. The molecule has 0 aromatic heterocycles. The number of aliphatic hydroxyl groups excluding tert-OH is 2. The minimum atomic E-state index is -2.13. The Balaban J connectivity index is 4.01. The molecule has 76 valence electrons. The number of hydrogen-bond acceptors (Lipinski definition) is 5. The molecule has 0 saturated carbocycles. The molecule has 6 nitrogen and oxygen atoms in total. The van der Waals surface area contributed by atoms with E-state index in [9.17, 15) is 9.59 Å². The van der Waals surface area contributed by atoms with E-state index in [1.54, 1.807) is 6.92 Å². The highest BCUT2D eigenvalue weighted by molar-refractivity contribution is 5.84. The summed E-state index contributed by atoms with van der Waals surface area (Å²) in [6, 6.07) is 0. The summed E-state index contributed by atoms with van der Waals surface area (Å²) in [5.74, 6) is -2.79. The molecule has 0 rings (SSSR count). The predicted octanol–water partition coefficient (Wildman–Crippen LogP) is -1.25. The highest BCUT2D eigenvalue weighted by Gasteiger charge is 2.31. The van der Waals surface area contributed by atoms with Crippen LogP contribution in [-0.2, 0) is 14.3 Å². The first-order valence-corrected chi connectivity index (χ1v) is 3.76. The smallest absolute Gasteiger partial charge is 0.338 e. The second-order valence-electron chi connectivity index (χ2n) is 2.40. The lowest BCUT2D eigenvalue weighted by atomic mass is 10.2. The van der Waals surface area contributed by atoms with Crippen molar-refractivity contribution < 1.29 is 29.6 Å². The van der Waals surface area contributed by atoms with Crippen molar-refractivity contribution in [3.8, 4) is 0 Å². The topological polar surface area (TPSA) is 104 Å². The predicted molar refractivity (Wildman–Crippen MR) is 40.9 cm³/mol. The van der Waals surface area contributed by atoms with Gasteiger partial charge in [0.2, 0.25) is 0 Å². The largest absolute Gasteiger partial charge is 0.479 e. The molecule has 0 unspecified atom stereocenters. The van der Waals surface area contributed by atoms with Gasteiger partial charge in [0.05, 0.1) is 6.61 Å². The van der Waals surface area contributed by atoms with Gasteiger partial charge in [-0.3, -0.25) is 0 Å². The van der Waals surface area contributed by atoms with Gasteiger partial charge in [-0.05, 0) is 6.42 Å². The summed E-state index contributed by atoms with van der Waals surface area (Å²) in [6.45, 7) is 1.83. The molecule has 0 bridgehead atoms. The van der Waals surface area contributed by atoms with E-state index in [2.05, 4.69) is 4.74 Å². The summed E-state index contributed by atoms with van der Waals surface area (Å²) < 4.78 is 4.41. The number of carboxylic acids is 1. The monoisotopic (exact) mass is 192 g/mol. The SMILES string of the molecule is CCCOC(=O)[C@H](O)[C@H](O)C(=O)O. The van der Waals surface area contributed by atoms with Gasteiger partial charge in [-0.2, -0.15) is 0 Å². The fourth-order valence-electron chi connectivity index (χ4n) is 0.552. The third kappa shape index (κ3) is 3.86. The van der Waals surface area contributed by atoms with Crippen molar-refractivity contribution in [3.05, 3.63) is 0 Å². The van der Waals surface area contributed by atoms with Crippen molar-refractivity contribution in [3.63, 3.8) is 0 Å². The minimum absolute atomic E-state index is 0.0855. The van der Waals surface area contributed by atoms with Crippen LogP contribution < -0.4 is 0 Å². The quantitative estimate of drug-likeness (QED) is 0.470. The number of carbonyl (C=O) groups is 2. The highest BCUT2D eigenvalue weighted by Crippen LogP contribution is 1.97. The molecule has 3 N–H and O–H groups in total. The van der Waals surface area contributed by atoms with Crippen LogP contribution in [0.3, 0.4) is 0 Å². The fourth-order valence-corrected chi connectivity index (χ4v) is 0.552. The van der Waals surface area contributed by atoms with Crippen molar-refractivity contribution in [2.75, 3.05) is 6.61 Å². The summed E-state index contributed by atoms with van der Waals surface area (Å²) in [7, 11) is 0. The lowest BCUT2D eigenvalue weighted by Gasteiger charge is -2.12. The number of rotatable bonds is 5. The third-order valence-electron chi connectivity index (χ3n) is 1.24. The molecule has 0 amide bonds. The molecule has 6 heteroatoms. The Labute approximate surface area is 74.7 Å². The number of ether oxygens (including phenoxy) is 1. The number of hydrogen-bond donors (Lipinski definition) is 3. The third-order valence-corrected chi connectivity index (χ3v) is 1.24. The number of aliphatic carboxylic acids is 1. The molecular weight excluding hydrogens is 180 g/mol. The average molecular weight is 192 g/mol. The van der Waals surface area contributed by atoms with Gasteiger partial charge in [0.1, 0.15) is 0 Å². The van der Waals surface area contributed by atoms with Crippen LogP contribution in [0.5, 0.6) is 0 Å². The second kappa shape index (κ2) is 5.50. The van der Waals surface area contributed by atoms with E-state index in [1.165, 1.54) is 0 Å². The van der Waals surface area contributed by atoms with Crippen molar-refractivity contribution in [2.45, 2.75) is 25.6 Å². The fraction of sp³-hybridized carbons (Fsp3) is 0.714. The van der Waals surface area contributed by atoms with Crippen LogP contribution in [0.2, 0.25) is 0 Å². The van der Waals surface area contributed by atoms with Gasteiger partial charge in [0.15, 0.2) is 12.2 Å². The van der Waals surface area contributed by atoms with Gasteiger partial charge in [0.25, 0.3) is 0 Å². The van der Waals surface area contributed by atoms with E-state index in [-0.39, 0.29) is 6.61 Å². The van der Waals surface area contributed by atoms with Gasteiger partial charge in [0, 0.05) is 0 Å². The Hall–Kier alpha value is -1.14. The zero-order chi connectivity index (χ0) is 10.4. The highest BCUT2D eigenvalue weighted by atomic mass is 16.5. The zero-order valence-electron chi connectivity index (χ0n) is 7.14. The van der Waals surface area contributed by atoms with E-state index in [1.807, 2.05) is 0 Å². The van der Waals surface area contributed by atoms with Crippen molar-refractivity contribution in [2.24, 2.45) is 0 Å². The van der Waals surface area contributed by atoms with Crippen molar-refractivity contribution >= 4 is 11.9 Å². The van der Waals surface area contributed by atoms with Gasteiger partial charge in [-0.25, -0.2) is 9.59 Å². The van der Waals surface area contributed by atoms with E-state index >= 15 is 0 Å². The van der Waals surface area contributed by atoms with Crippen LogP contribution in [0, 0.1) is 0 Å². The standard InChI is InChI=1S/C7H12O6/c1-2-3-13-7(12)5(9)4(8)6(10)11/h4-5,8-9H,2-3H2,1H3,(H,10,11)/t4-,5+/m0/s1. The van der Waals surface area contributed by atoms with Crippen LogP contribution in [0.25, 0.3) is 0 Å². The molecule has 0 aromatic carbocycles. The van der Waals surface area contributed by atoms with E-state index in [0.29, 0.717) is 6.42 Å². The van der Waals surface area contributed by atoms with Crippen LogP contribution in [-0.4, -0.2) is 46.1 Å². The summed E-state index contributed by atoms with van der Waals surface area (Å²) in [4.78, 5) is 20.9. The van der Waals surface area contributed by atoms with Crippen LogP contribution in [0.15, 0.2) is 0 Å². The summed E-state index contributed by atoms with van der Waals surface area (Å²) in [6.07, 6.45) is -3.60. The minimum Gasteiger partial charge on any atom is -0.479 e. The van der Waals surface area contributed by atoms with Crippen LogP contribution in [0.4, 0.5) is 0 Å². The molecular formula is C7H12O6. The van der Waals surface area contributed by atoms with Crippen LogP contribution >= 0.6 is 0 Å². The molecule has 0 fully saturated rings. The van der Waals surface area contributed by atoms with E-state index < -0.39 is 24.1 Å². The Bertz CT molecular complexity index is 189. The number of esters is 1. The maximum atomic E-state index is 10.8. The first-order chi connectivity index (χ1) is 6.00. The van der Waals surface area contributed by atoms with Gasteiger partial charge < -0.3 is 20.1 Å². The molecule has 0 heterocycles. The van der Waals surface area contributed by atoms with Gasteiger partial charge in [-0.15, -0.1) is 0 Å². The second-order valence-corrected chi connectivity index (χ2v) is 2.40. The maximum absolute atomic E-state index is 10.8. The molecule has 0 aliphatic heterocycles. The molecule has 0 saturated heterocycles. The molecule has 2 atom stereocenters. The van der Waals surface area contributed by atoms with Gasteiger partial charge in [-0.1, -0.05) is 6.92 Å². The Morgan fingerprint density at radius 3 is 2.23 bits per heavy atom. The Morgan fingerprint density at radius 1 is 1.31 bits per heavy atom. The number of carbonyl (C=O) groups excluding carboxylic acids is 1. The summed E-state index contributed by atoms with van der Waals surface area (Å²) >= 11 is 0. The Morgan fingerprint density at radius 2 is 1.85 bits per heavy atom. The number of carboxylic acid groups (broad SMARTS) is 1. The van der Waals surface area contributed by atoms with E-state index in [0.717, 1.165) is 0 Å². The maximum Gasteiger partial charge on any atom is 0.338 e. The van der Waals surface area contributed by atoms with E-state index in [4.69, 9.17) is 15.3 Å². The Kier molecular flexibility index (Phi) is 5.01. The first kappa shape index (κ1) is 11.9. The molecule has 0 aliphatic rings. The molecule has 0 aliphatic carbocycles. The molecule has 13 heavy (non-hydrogen) atoms. The lowest BCUT2D eigenvalue weighted by molar-refractivity contribution is -0.169. The summed E-state index contributed by atoms with van der Waals surface area (Å²) in [5.41, 5.74) is 0. The van der Waals surface area contributed by atoms with Crippen LogP contribution in [0.1, 0.15) is 13.3 Å². The first-order valence-electron chi connectivity index (χ1n) is 3.76. The molecule has 0 radical (unpaired) electrons. The number of aliphatic hydroxyl groups is 2. The molecule has 0 spiro atoms. The zero-order valence-corrected chi connectivity index (χ0v) is 7.14. The molecule has 0 aromatic rings. The van der Waals surface area contributed by atoms with Crippen molar-refractivity contribution in [1.29, 1.82) is 0 Å². The van der Waals surface area contributed by atoms with Crippen molar-refractivity contribution in [1.82, 2.24) is 0 Å². The lowest BCUT2D eigenvalue weighted by Crippen LogP contribution is -2.40. The van der Waals surface area contributed by atoms with Gasteiger partial charge >= 0.3 is 11.9 Å². The normalized spacial score (nSPS) is 14.7. The average Bonchev–Trinajstić information content (AvgIpc) is 2.11.